The van der Waals surface area contributed by atoms with E-state index in [4.69, 9.17) is 122 Å². The molecule has 0 spiro atoms. The fraction of sp³-hybridized carbons (Fsp3) is 0.381. The Kier molecular flexibility index (Phi) is 21.5. The monoisotopic (exact) mass is 920 g/mol. The van der Waals surface area contributed by atoms with Crippen LogP contribution in [0.1, 0.15) is 23.6 Å². The molecule has 0 fully saturated rings. The third-order valence-corrected chi connectivity index (χ3v) is 13.0. The van der Waals surface area contributed by atoms with Gasteiger partial charge >= 0.3 is 24.0 Å². The van der Waals surface area contributed by atoms with E-state index in [1.807, 2.05) is 24.3 Å². The van der Waals surface area contributed by atoms with Crippen LogP contribution in [0.2, 0.25) is 12.1 Å². The number of carbonyl (C=O) groups is 1. The predicted octanol–water partition coefficient (Wildman–Crippen LogP) is 10.9. The highest BCUT2D eigenvalue weighted by Crippen LogP contribution is 2.28. The summed E-state index contributed by atoms with van der Waals surface area (Å²) in [5.41, 5.74) is 3.22. The van der Waals surface area contributed by atoms with Crippen LogP contribution in [0.15, 0.2) is 53.4 Å². The zero-order chi connectivity index (χ0) is 32.1. The Labute approximate surface area is 304 Å². The van der Waals surface area contributed by atoms with E-state index in [2.05, 4.69) is 20.7 Å². The smallest absolute Gasteiger partial charge is 0.378 e. The van der Waals surface area contributed by atoms with Crippen molar-refractivity contribution >= 4 is 171 Å². The molecule has 0 aliphatic carbocycles. The maximum atomic E-state index is 11.0. The van der Waals surface area contributed by atoms with Crippen molar-refractivity contribution in [1.82, 2.24) is 0 Å². The molecule has 2 aromatic rings. The van der Waals surface area contributed by atoms with Gasteiger partial charge in [0.05, 0.1) is 4.90 Å². The minimum absolute atomic E-state index is 0.0732. The van der Waals surface area contributed by atoms with Crippen LogP contribution >= 0.6 is 138 Å². The highest BCUT2D eigenvalue weighted by Gasteiger charge is 2.28. The van der Waals surface area contributed by atoms with E-state index in [0.717, 1.165) is 17.5 Å². The first kappa shape index (κ1) is 43.2. The van der Waals surface area contributed by atoms with Crippen molar-refractivity contribution in [2.24, 2.45) is 0 Å². The summed E-state index contributed by atoms with van der Waals surface area (Å²) in [6.45, 7) is 1.64. The molecule has 0 bridgehead atoms. The van der Waals surface area contributed by atoms with Crippen molar-refractivity contribution in [2.45, 2.75) is 47.5 Å². The van der Waals surface area contributed by atoms with E-state index in [1.165, 1.54) is 17.7 Å². The summed E-state index contributed by atoms with van der Waals surface area (Å²) < 4.78 is 26.6. The standard InChI is InChI=1S/C9H10Cl4Si.C8H8Cl4O2SSi.C4H6BrCl3O2Si/c10-7-9-3-1-8(2-4-9)5-6-14(11,12)13;9-15(13,14)8-3-1-7(2-4-8)5-6-16(10,11)12;1-3(5)4(9)10-2-11(6,7)8/h1-4H,5-7H2;1-4H,5-6H2;3H,2H2,1H3. The van der Waals surface area contributed by atoms with Gasteiger partial charge in [-0.2, -0.15) is 0 Å². The molecular formula is C21H24BrCl11O4SSi3. The third-order valence-electron chi connectivity index (χ3n) is 4.48. The molecule has 0 saturated carbocycles. The quantitative estimate of drug-likeness (QED) is 0.0741. The van der Waals surface area contributed by atoms with E-state index >= 15 is 0 Å². The van der Waals surface area contributed by atoms with Crippen LogP contribution in [-0.4, -0.2) is 43.5 Å². The summed E-state index contributed by atoms with van der Waals surface area (Å²) in [6, 6.07) is 7.55. The van der Waals surface area contributed by atoms with Crippen LogP contribution in [0.4, 0.5) is 0 Å². The van der Waals surface area contributed by atoms with Crippen molar-refractivity contribution in [1.29, 1.82) is 0 Å². The van der Waals surface area contributed by atoms with Gasteiger partial charge in [-0.3, -0.25) is 4.79 Å². The fourth-order valence-electron chi connectivity index (χ4n) is 2.45. The molecule has 0 N–H and O–H groups in total. The Bertz CT molecular complexity index is 1160. The van der Waals surface area contributed by atoms with Crippen LogP contribution in [-0.2, 0) is 37.3 Å². The molecule has 0 radical (unpaired) electrons. The molecule has 0 aromatic heterocycles. The van der Waals surface area contributed by atoms with Crippen molar-refractivity contribution < 1.29 is 17.9 Å². The zero-order valence-electron chi connectivity index (χ0n) is 21.0. The molecule has 1 atom stereocenters. The Morgan fingerprint density at radius 3 is 1.41 bits per heavy atom. The summed E-state index contributed by atoms with van der Waals surface area (Å²) in [7, 11) is 1.52. The van der Waals surface area contributed by atoms with Crippen molar-refractivity contribution in [3.8, 4) is 0 Å². The van der Waals surface area contributed by atoms with E-state index < -0.39 is 33.0 Å². The number of rotatable bonds is 11. The Morgan fingerprint density at radius 1 is 0.756 bits per heavy atom. The SMILES string of the molecule is CC(Br)C(=O)OC[Si](Cl)(Cl)Cl.ClCc1ccc(CC[Si](Cl)(Cl)Cl)cc1.O=S(=O)(Cl)c1ccc(CC[Si](Cl)(Cl)Cl)cc1. The van der Waals surface area contributed by atoms with E-state index in [1.54, 1.807) is 19.1 Å². The largest absolute Gasteiger partial charge is 0.464 e. The maximum Gasteiger partial charge on any atom is 0.378 e. The lowest BCUT2D eigenvalue weighted by Crippen LogP contribution is -2.25. The van der Waals surface area contributed by atoms with Gasteiger partial charge in [-0.25, -0.2) is 8.42 Å². The normalized spacial score (nSPS) is 12.8. The Morgan fingerprint density at radius 2 is 1.12 bits per heavy atom. The van der Waals surface area contributed by atoms with Gasteiger partial charge in [-0.15, -0.1) is 111 Å². The molecule has 2 aromatic carbocycles. The van der Waals surface area contributed by atoms with Gasteiger partial charge in [0.15, 0.2) is 0 Å². The summed E-state index contributed by atoms with van der Waals surface area (Å²) >= 11 is 59.7. The molecule has 41 heavy (non-hydrogen) atoms. The van der Waals surface area contributed by atoms with Gasteiger partial charge in [-0.1, -0.05) is 52.3 Å². The van der Waals surface area contributed by atoms with Gasteiger partial charge < -0.3 is 4.74 Å². The van der Waals surface area contributed by atoms with Crippen LogP contribution in [0.25, 0.3) is 0 Å². The fourth-order valence-corrected chi connectivity index (χ4v) is 7.18. The summed E-state index contributed by atoms with van der Waals surface area (Å²) in [6.07, 6.45) is 1.35. The summed E-state index contributed by atoms with van der Waals surface area (Å²) in [4.78, 5) is 10.5. The molecule has 0 aliphatic heterocycles. The van der Waals surface area contributed by atoms with Crippen LogP contribution < -0.4 is 0 Å². The molecule has 0 aliphatic rings. The number of hydrogen-bond acceptors (Lipinski definition) is 4. The number of alkyl halides is 2. The highest BCUT2D eigenvalue weighted by molar-refractivity contribution is 9.10. The second kappa shape index (κ2) is 20.4. The molecule has 234 valence electrons. The first-order valence-corrected chi connectivity index (χ1v) is 30.7. The van der Waals surface area contributed by atoms with Crippen molar-refractivity contribution in [3.63, 3.8) is 0 Å². The first-order valence-electron chi connectivity index (χ1n) is 11.2. The zero-order valence-corrected chi connectivity index (χ0v) is 34.7. The average Bonchev–Trinajstić information content (AvgIpc) is 2.84. The summed E-state index contributed by atoms with van der Waals surface area (Å²) in [5.74, 6) is 0.128. The van der Waals surface area contributed by atoms with Crippen LogP contribution in [0, 0.1) is 0 Å². The minimum atomic E-state index is -3.66. The van der Waals surface area contributed by atoms with E-state index in [9.17, 15) is 13.2 Å². The number of benzene rings is 2. The molecule has 0 heterocycles. The Hall–Kier alpha value is 2.18. The first-order chi connectivity index (χ1) is 18.5. The second-order valence-corrected chi connectivity index (χ2v) is 39.9. The lowest BCUT2D eigenvalue weighted by atomic mass is 10.1. The van der Waals surface area contributed by atoms with Crippen molar-refractivity contribution in [3.05, 3.63) is 65.2 Å². The minimum Gasteiger partial charge on any atom is -0.464 e. The predicted molar refractivity (Wildman–Crippen MR) is 192 cm³/mol. The number of carbonyl (C=O) groups excluding carboxylic acids is 1. The van der Waals surface area contributed by atoms with Crippen LogP contribution in [0.5, 0.6) is 0 Å². The third kappa shape index (κ3) is 25.0. The molecule has 0 saturated heterocycles. The lowest BCUT2D eigenvalue weighted by Gasteiger charge is -2.09. The van der Waals surface area contributed by atoms with Gasteiger partial charge in [0, 0.05) is 16.6 Å². The average molecular weight is 927 g/mol. The van der Waals surface area contributed by atoms with Crippen molar-refractivity contribution in [2.75, 3.05) is 6.23 Å². The molecule has 0 amide bonds. The Balaban J connectivity index is 0.000000597. The van der Waals surface area contributed by atoms with Gasteiger partial charge in [0.1, 0.15) is 11.1 Å². The topological polar surface area (TPSA) is 60.4 Å². The number of halogens is 12. The van der Waals surface area contributed by atoms with Crippen LogP contribution in [0.3, 0.4) is 0 Å². The number of hydrogen-bond donors (Lipinski definition) is 0. The number of ether oxygens (including phenoxy) is 1. The highest BCUT2D eigenvalue weighted by atomic mass is 79.9. The molecule has 20 heteroatoms. The summed E-state index contributed by atoms with van der Waals surface area (Å²) in [5, 5.41) is 0. The molecule has 1 unspecified atom stereocenters. The van der Waals surface area contributed by atoms with Gasteiger partial charge in [-0.05, 0) is 60.7 Å². The van der Waals surface area contributed by atoms with E-state index in [-0.39, 0.29) is 16.0 Å². The van der Waals surface area contributed by atoms with Gasteiger partial charge in [0.25, 0.3) is 9.05 Å². The van der Waals surface area contributed by atoms with Gasteiger partial charge in [0.2, 0.25) is 0 Å². The number of esters is 1. The van der Waals surface area contributed by atoms with E-state index in [0.29, 0.717) is 24.4 Å². The molecule has 4 nitrogen and oxygen atoms in total. The molecular weight excluding hydrogens is 902 g/mol. The second-order valence-electron chi connectivity index (χ2n) is 8.10. The maximum absolute atomic E-state index is 11.0. The number of aryl methyl sites for hydroxylation is 2. The lowest BCUT2D eigenvalue weighted by molar-refractivity contribution is -0.140. The molecule has 2 rings (SSSR count).